The molecule has 0 saturated heterocycles. The van der Waals surface area contributed by atoms with Gasteiger partial charge in [0.15, 0.2) is 0 Å². The van der Waals surface area contributed by atoms with Gasteiger partial charge in [-0.15, -0.1) is 0 Å². The highest BCUT2D eigenvalue weighted by Crippen LogP contribution is 2.40. The Hall–Kier alpha value is -1.42. The monoisotopic (exact) mass is 278 g/mol. The second-order valence-corrected chi connectivity index (χ2v) is 6.70. The fourth-order valence-corrected chi connectivity index (χ4v) is 2.66. The number of nitrogens with one attached hydrogen (secondary N) is 1. The summed E-state index contributed by atoms with van der Waals surface area (Å²) < 4.78 is 5.13. The summed E-state index contributed by atoms with van der Waals surface area (Å²) >= 11 is 0. The van der Waals surface area contributed by atoms with Gasteiger partial charge in [-0.25, -0.2) is 0 Å². The molecule has 1 aromatic carbocycles. The predicted octanol–water partition coefficient (Wildman–Crippen LogP) is 3.02. The second-order valence-electron chi connectivity index (χ2n) is 6.70. The number of hydrogen-bond donors (Lipinski definition) is 3. The Morgan fingerprint density at radius 2 is 1.90 bits per heavy atom. The van der Waals surface area contributed by atoms with Crippen molar-refractivity contribution < 1.29 is 9.84 Å². The van der Waals surface area contributed by atoms with E-state index in [1.807, 2.05) is 12.1 Å². The minimum absolute atomic E-state index is 0.353. The highest BCUT2D eigenvalue weighted by atomic mass is 16.5. The summed E-state index contributed by atoms with van der Waals surface area (Å²) in [5.41, 5.74) is 7.20. The van der Waals surface area contributed by atoms with Gasteiger partial charge in [0.2, 0.25) is 0 Å². The average Bonchev–Trinajstić information content (AvgIpc) is 2.41. The number of methoxy groups -OCH3 is 1. The molecule has 1 aliphatic rings. The molecule has 1 fully saturated rings. The first kappa shape index (κ1) is 15.0. The summed E-state index contributed by atoms with van der Waals surface area (Å²) in [6, 6.07) is 5.55. The van der Waals surface area contributed by atoms with E-state index in [2.05, 4.69) is 19.2 Å². The Morgan fingerprint density at radius 3 is 2.45 bits per heavy atom. The van der Waals surface area contributed by atoms with E-state index in [0.717, 1.165) is 37.1 Å². The third-order valence-corrected chi connectivity index (χ3v) is 4.40. The standard InChI is InChI=1S/C16H26N2O2/c1-15(2)6-8-16(19,9-7-15)11-18-14-5-4-12(20-3)10-13(14)17/h4-5,10,18-19H,6-9,11,17H2,1-3H3. The van der Waals surface area contributed by atoms with E-state index in [4.69, 9.17) is 10.5 Å². The molecule has 20 heavy (non-hydrogen) atoms. The normalized spacial score (nSPS) is 20.4. The Labute approximate surface area is 121 Å². The van der Waals surface area contributed by atoms with E-state index >= 15 is 0 Å². The van der Waals surface area contributed by atoms with Gasteiger partial charge in [0.25, 0.3) is 0 Å². The van der Waals surface area contributed by atoms with Gasteiger partial charge in [-0.1, -0.05) is 13.8 Å². The Balaban J connectivity index is 1.95. The average molecular weight is 278 g/mol. The number of nitrogen functional groups attached to an aromatic ring is 1. The molecule has 2 rings (SSSR count). The van der Waals surface area contributed by atoms with Crippen LogP contribution in [-0.2, 0) is 0 Å². The number of hydrogen-bond acceptors (Lipinski definition) is 4. The fraction of sp³-hybridized carbons (Fsp3) is 0.625. The number of aliphatic hydroxyl groups is 1. The maximum atomic E-state index is 10.6. The Kier molecular flexibility index (Phi) is 4.14. The summed E-state index contributed by atoms with van der Waals surface area (Å²) in [6.07, 6.45) is 3.79. The van der Waals surface area contributed by atoms with Crippen molar-refractivity contribution in [3.63, 3.8) is 0 Å². The van der Waals surface area contributed by atoms with E-state index in [1.165, 1.54) is 0 Å². The molecule has 0 bridgehead atoms. The zero-order chi connectivity index (χ0) is 14.8. The molecule has 0 amide bonds. The molecule has 0 atom stereocenters. The Morgan fingerprint density at radius 1 is 1.25 bits per heavy atom. The molecule has 112 valence electrons. The van der Waals surface area contributed by atoms with E-state index in [0.29, 0.717) is 17.6 Å². The van der Waals surface area contributed by atoms with Crippen LogP contribution in [0.3, 0.4) is 0 Å². The van der Waals surface area contributed by atoms with Gasteiger partial charge >= 0.3 is 0 Å². The minimum atomic E-state index is -0.623. The SMILES string of the molecule is COc1ccc(NCC2(O)CCC(C)(C)CC2)c(N)c1. The fourth-order valence-electron chi connectivity index (χ4n) is 2.66. The van der Waals surface area contributed by atoms with Gasteiger partial charge < -0.3 is 20.9 Å². The van der Waals surface area contributed by atoms with Crippen LogP contribution in [0.5, 0.6) is 5.75 Å². The molecule has 4 heteroatoms. The topological polar surface area (TPSA) is 67.5 Å². The van der Waals surface area contributed by atoms with Crippen LogP contribution in [0.15, 0.2) is 18.2 Å². The smallest absolute Gasteiger partial charge is 0.121 e. The Bertz CT molecular complexity index is 462. The van der Waals surface area contributed by atoms with Gasteiger partial charge in [0, 0.05) is 12.6 Å². The van der Waals surface area contributed by atoms with Crippen molar-refractivity contribution in [3.05, 3.63) is 18.2 Å². The summed E-state index contributed by atoms with van der Waals surface area (Å²) in [5, 5.41) is 13.9. The van der Waals surface area contributed by atoms with E-state index in [1.54, 1.807) is 13.2 Å². The molecule has 4 N–H and O–H groups in total. The zero-order valence-electron chi connectivity index (χ0n) is 12.7. The highest BCUT2D eigenvalue weighted by molar-refractivity contribution is 5.68. The molecule has 0 unspecified atom stereocenters. The zero-order valence-corrected chi connectivity index (χ0v) is 12.7. The lowest BCUT2D eigenvalue weighted by atomic mass is 9.71. The minimum Gasteiger partial charge on any atom is -0.497 e. The van der Waals surface area contributed by atoms with Crippen LogP contribution in [0.25, 0.3) is 0 Å². The second kappa shape index (κ2) is 5.52. The van der Waals surface area contributed by atoms with Crippen LogP contribution in [0.4, 0.5) is 11.4 Å². The van der Waals surface area contributed by atoms with Crippen molar-refractivity contribution in [1.82, 2.24) is 0 Å². The van der Waals surface area contributed by atoms with Crippen molar-refractivity contribution >= 4 is 11.4 Å². The van der Waals surface area contributed by atoms with Gasteiger partial charge in [0.05, 0.1) is 24.1 Å². The molecule has 0 aromatic heterocycles. The maximum absolute atomic E-state index is 10.6. The molecule has 1 saturated carbocycles. The summed E-state index contributed by atoms with van der Waals surface area (Å²) in [6.45, 7) is 5.07. The van der Waals surface area contributed by atoms with Crippen molar-refractivity contribution in [1.29, 1.82) is 0 Å². The molecule has 0 heterocycles. The van der Waals surface area contributed by atoms with Crippen LogP contribution in [0.1, 0.15) is 39.5 Å². The van der Waals surface area contributed by atoms with Crippen molar-refractivity contribution in [2.45, 2.75) is 45.1 Å². The first-order chi connectivity index (χ1) is 9.34. The molecule has 0 spiro atoms. The largest absolute Gasteiger partial charge is 0.497 e. The number of ether oxygens (including phenoxy) is 1. The van der Waals surface area contributed by atoms with Crippen LogP contribution < -0.4 is 15.8 Å². The van der Waals surface area contributed by atoms with Gasteiger partial charge in [0.1, 0.15) is 5.75 Å². The molecule has 4 nitrogen and oxygen atoms in total. The lowest BCUT2D eigenvalue weighted by Crippen LogP contribution is -2.42. The van der Waals surface area contributed by atoms with Crippen LogP contribution in [0, 0.1) is 5.41 Å². The first-order valence-corrected chi connectivity index (χ1v) is 7.23. The lowest BCUT2D eigenvalue weighted by Gasteiger charge is -2.40. The van der Waals surface area contributed by atoms with Crippen molar-refractivity contribution in [2.75, 3.05) is 24.7 Å². The highest BCUT2D eigenvalue weighted by Gasteiger charge is 2.36. The molecule has 1 aromatic rings. The summed E-state index contributed by atoms with van der Waals surface area (Å²) in [7, 11) is 1.62. The van der Waals surface area contributed by atoms with Gasteiger partial charge in [-0.3, -0.25) is 0 Å². The lowest BCUT2D eigenvalue weighted by molar-refractivity contribution is -0.0145. The quantitative estimate of drug-likeness (QED) is 0.741. The van der Waals surface area contributed by atoms with E-state index in [9.17, 15) is 5.11 Å². The van der Waals surface area contributed by atoms with E-state index in [-0.39, 0.29) is 0 Å². The summed E-state index contributed by atoms with van der Waals surface area (Å²) in [4.78, 5) is 0. The van der Waals surface area contributed by atoms with Crippen molar-refractivity contribution in [3.8, 4) is 5.75 Å². The van der Waals surface area contributed by atoms with Crippen LogP contribution >= 0.6 is 0 Å². The van der Waals surface area contributed by atoms with Gasteiger partial charge in [-0.2, -0.15) is 0 Å². The molecule has 0 radical (unpaired) electrons. The molecular formula is C16H26N2O2. The van der Waals surface area contributed by atoms with Crippen LogP contribution in [0.2, 0.25) is 0 Å². The number of nitrogens with two attached hydrogens (primary N) is 1. The van der Waals surface area contributed by atoms with Crippen molar-refractivity contribution in [2.24, 2.45) is 5.41 Å². The number of rotatable bonds is 4. The first-order valence-electron chi connectivity index (χ1n) is 7.23. The predicted molar refractivity (Wildman–Crippen MR) is 83.1 cm³/mol. The third kappa shape index (κ3) is 3.57. The van der Waals surface area contributed by atoms with Gasteiger partial charge in [-0.05, 0) is 43.2 Å². The molecule has 1 aliphatic carbocycles. The van der Waals surface area contributed by atoms with Crippen LogP contribution in [-0.4, -0.2) is 24.4 Å². The number of benzene rings is 1. The summed E-state index contributed by atoms with van der Waals surface area (Å²) in [5.74, 6) is 0.742. The molecular weight excluding hydrogens is 252 g/mol. The third-order valence-electron chi connectivity index (χ3n) is 4.40. The van der Waals surface area contributed by atoms with E-state index < -0.39 is 5.60 Å². The molecule has 0 aliphatic heterocycles. The number of anilines is 2. The maximum Gasteiger partial charge on any atom is 0.121 e.